The summed E-state index contributed by atoms with van der Waals surface area (Å²) < 4.78 is 7.77. The van der Waals surface area contributed by atoms with Crippen molar-refractivity contribution < 1.29 is 4.74 Å². The quantitative estimate of drug-likeness (QED) is 0.525. The van der Waals surface area contributed by atoms with Gasteiger partial charge in [-0.1, -0.05) is 35.7 Å². The molecule has 2 aromatic heterocycles. The average Bonchev–Trinajstić information content (AvgIpc) is 3.18. The average molecular weight is 465 g/mol. The van der Waals surface area contributed by atoms with E-state index in [9.17, 15) is 4.79 Å². The fourth-order valence-electron chi connectivity index (χ4n) is 3.78. The molecule has 0 saturated carbocycles. The van der Waals surface area contributed by atoms with Crippen molar-refractivity contribution >= 4 is 40.3 Å². The number of imidazole rings is 1. The van der Waals surface area contributed by atoms with Crippen LogP contribution in [0.5, 0.6) is 0 Å². The van der Waals surface area contributed by atoms with Gasteiger partial charge in [0, 0.05) is 26.2 Å². The number of fused-ring (bicyclic) bond motifs is 1. The Labute approximate surface area is 190 Å². The summed E-state index contributed by atoms with van der Waals surface area (Å²) in [6, 6.07) is 5.36. The fourth-order valence-corrected chi connectivity index (χ4v) is 4.10. The Morgan fingerprint density at radius 3 is 2.81 bits per heavy atom. The van der Waals surface area contributed by atoms with Crippen LogP contribution in [0.25, 0.3) is 11.2 Å². The summed E-state index contributed by atoms with van der Waals surface area (Å²) >= 11 is 12.0. The minimum absolute atomic E-state index is 0.0728. The van der Waals surface area contributed by atoms with Crippen molar-refractivity contribution in [1.29, 1.82) is 0 Å². The number of hydrogen-bond donors (Lipinski definition) is 2. The van der Waals surface area contributed by atoms with Gasteiger partial charge >= 0.3 is 0 Å². The minimum Gasteiger partial charge on any atom is -0.362 e. The Kier molecular flexibility index (Phi) is 7.12. The summed E-state index contributed by atoms with van der Waals surface area (Å²) in [6.07, 6.45) is 5.45. The van der Waals surface area contributed by atoms with Crippen LogP contribution in [0.3, 0.4) is 0 Å². The lowest BCUT2D eigenvalue weighted by Crippen LogP contribution is -2.39. The summed E-state index contributed by atoms with van der Waals surface area (Å²) in [6.45, 7) is 5.72. The van der Waals surface area contributed by atoms with E-state index in [1.165, 1.54) is 19.3 Å². The van der Waals surface area contributed by atoms with Crippen LogP contribution < -0.4 is 10.9 Å². The lowest BCUT2D eigenvalue weighted by Gasteiger charge is -2.32. The van der Waals surface area contributed by atoms with Gasteiger partial charge in [-0.05, 0) is 37.5 Å². The van der Waals surface area contributed by atoms with Crippen LogP contribution in [0.4, 0.5) is 5.95 Å². The fraction of sp³-hybridized carbons (Fsp3) is 0.476. The molecule has 1 aliphatic heterocycles. The lowest BCUT2D eigenvalue weighted by molar-refractivity contribution is -0.0570. The molecule has 1 aliphatic rings. The van der Waals surface area contributed by atoms with Gasteiger partial charge in [-0.3, -0.25) is 14.7 Å². The van der Waals surface area contributed by atoms with E-state index >= 15 is 0 Å². The summed E-state index contributed by atoms with van der Waals surface area (Å²) in [4.78, 5) is 26.5. The number of nitrogens with zero attached hydrogens (tertiary/aromatic N) is 4. The van der Waals surface area contributed by atoms with Crippen LogP contribution in [0.2, 0.25) is 10.0 Å². The molecule has 1 fully saturated rings. The Balaban J connectivity index is 1.38. The topological polar surface area (TPSA) is 88.1 Å². The Hall–Kier alpha value is -2.13. The number of hydrogen-bond acceptors (Lipinski definition) is 6. The van der Waals surface area contributed by atoms with Gasteiger partial charge in [-0.2, -0.15) is 4.98 Å². The first-order valence-corrected chi connectivity index (χ1v) is 11.3. The molecule has 0 spiro atoms. The third kappa shape index (κ3) is 5.38. The Morgan fingerprint density at radius 1 is 1.23 bits per heavy atom. The second-order valence-electron chi connectivity index (χ2n) is 7.69. The third-order valence-corrected chi connectivity index (χ3v) is 6.26. The molecule has 166 valence electrons. The number of H-pyrrole nitrogens is 1. The number of aromatic nitrogens is 4. The van der Waals surface area contributed by atoms with Crippen molar-refractivity contribution in [2.75, 3.05) is 25.0 Å². The molecule has 4 rings (SSSR count). The van der Waals surface area contributed by atoms with Crippen molar-refractivity contribution in [3.63, 3.8) is 0 Å². The summed E-state index contributed by atoms with van der Waals surface area (Å²) in [5, 5.41) is 4.07. The zero-order valence-electron chi connectivity index (χ0n) is 17.4. The van der Waals surface area contributed by atoms with Gasteiger partial charge in [-0.15, -0.1) is 0 Å². The molecule has 0 radical (unpaired) electrons. The number of piperidine rings is 1. The van der Waals surface area contributed by atoms with E-state index in [0.29, 0.717) is 46.9 Å². The lowest BCUT2D eigenvalue weighted by atomic mass is 10.1. The molecule has 2 N–H and O–H groups in total. The molecule has 0 aliphatic carbocycles. The van der Waals surface area contributed by atoms with Gasteiger partial charge in [-0.25, -0.2) is 4.98 Å². The van der Waals surface area contributed by atoms with E-state index in [1.807, 2.05) is 6.07 Å². The number of likely N-dealkylation sites (tertiary alicyclic amines) is 1. The van der Waals surface area contributed by atoms with Crippen molar-refractivity contribution in [2.24, 2.45) is 0 Å². The minimum atomic E-state index is -0.247. The number of halogens is 2. The normalized spacial score (nSPS) is 16.0. The van der Waals surface area contributed by atoms with E-state index in [4.69, 9.17) is 27.9 Å². The maximum absolute atomic E-state index is 12.7. The number of nitrogens with one attached hydrogen (secondary N) is 2. The largest absolute Gasteiger partial charge is 0.362 e. The van der Waals surface area contributed by atoms with Crippen LogP contribution in [0.1, 0.15) is 31.7 Å². The van der Waals surface area contributed by atoms with Gasteiger partial charge < -0.3 is 14.6 Å². The first kappa shape index (κ1) is 22.1. The van der Waals surface area contributed by atoms with E-state index in [0.717, 1.165) is 18.7 Å². The number of rotatable bonds is 8. The maximum Gasteiger partial charge on any atom is 0.278 e. The smallest absolute Gasteiger partial charge is 0.278 e. The highest BCUT2D eigenvalue weighted by Crippen LogP contribution is 2.23. The second kappa shape index (κ2) is 9.99. The van der Waals surface area contributed by atoms with Crippen LogP contribution >= 0.6 is 23.2 Å². The molecule has 31 heavy (non-hydrogen) atoms. The van der Waals surface area contributed by atoms with Crippen molar-refractivity contribution in [3.8, 4) is 0 Å². The molecule has 1 aromatic carbocycles. The number of aromatic amines is 1. The maximum atomic E-state index is 12.7. The Morgan fingerprint density at radius 2 is 2.03 bits per heavy atom. The molecular weight excluding hydrogens is 439 g/mol. The molecule has 10 heteroatoms. The van der Waals surface area contributed by atoms with E-state index < -0.39 is 0 Å². The zero-order valence-corrected chi connectivity index (χ0v) is 18.9. The van der Waals surface area contributed by atoms with Crippen LogP contribution in [0, 0.1) is 0 Å². The highest BCUT2D eigenvalue weighted by atomic mass is 35.5. The molecule has 1 saturated heterocycles. The SMILES string of the molecule is CC(OCCn1cnc2nc(NCc3ccc(Cl)c(Cl)c3)[nH]c(=O)c21)N1CCCCC1. The molecule has 0 bridgehead atoms. The van der Waals surface area contributed by atoms with Crippen LogP contribution in [0.15, 0.2) is 29.3 Å². The number of anilines is 1. The van der Waals surface area contributed by atoms with Crippen LogP contribution in [-0.4, -0.2) is 50.3 Å². The number of ether oxygens (including phenoxy) is 1. The van der Waals surface area contributed by atoms with Crippen molar-refractivity contribution in [2.45, 2.75) is 45.5 Å². The van der Waals surface area contributed by atoms with E-state index in [-0.39, 0.29) is 11.8 Å². The van der Waals surface area contributed by atoms with E-state index in [1.54, 1.807) is 23.0 Å². The van der Waals surface area contributed by atoms with Crippen LogP contribution in [-0.2, 0) is 17.8 Å². The summed E-state index contributed by atoms with van der Waals surface area (Å²) in [5.41, 5.74) is 1.50. The molecular formula is C21H26Cl2N6O2. The predicted octanol–water partition coefficient (Wildman–Crippen LogP) is 3.89. The second-order valence-corrected chi connectivity index (χ2v) is 8.51. The first-order valence-electron chi connectivity index (χ1n) is 10.5. The zero-order chi connectivity index (χ0) is 21.8. The molecule has 3 heterocycles. The molecule has 1 atom stereocenters. The van der Waals surface area contributed by atoms with Gasteiger partial charge in [0.15, 0.2) is 11.2 Å². The van der Waals surface area contributed by atoms with E-state index in [2.05, 4.69) is 32.1 Å². The molecule has 0 amide bonds. The number of benzene rings is 1. The van der Waals surface area contributed by atoms with Gasteiger partial charge in [0.05, 0.1) is 23.0 Å². The highest BCUT2D eigenvalue weighted by molar-refractivity contribution is 6.42. The third-order valence-electron chi connectivity index (χ3n) is 5.52. The molecule has 8 nitrogen and oxygen atoms in total. The summed E-state index contributed by atoms with van der Waals surface area (Å²) in [7, 11) is 0. The van der Waals surface area contributed by atoms with Gasteiger partial charge in [0.25, 0.3) is 5.56 Å². The standard InChI is InChI=1S/C21H26Cl2N6O2/c1-14(28-7-3-2-4-8-28)31-10-9-29-13-25-19-18(29)20(30)27-21(26-19)24-12-15-5-6-16(22)17(23)11-15/h5-6,11,13-14H,2-4,7-10,12H2,1H3,(H2,24,26,27,30). The monoisotopic (exact) mass is 464 g/mol. The summed E-state index contributed by atoms with van der Waals surface area (Å²) in [5.74, 6) is 0.351. The highest BCUT2D eigenvalue weighted by Gasteiger charge is 2.17. The van der Waals surface area contributed by atoms with Crippen molar-refractivity contribution in [1.82, 2.24) is 24.4 Å². The predicted molar refractivity (Wildman–Crippen MR) is 123 cm³/mol. The molecule has 3 aromatic rings. The van der Waals surface area contributed by atoms with Gasteiger partial charge in [0.2, 0.25) is 5.95 Å². The van der Waals surface area contributed by atoms with Crippen molar-refractivity contribution in [3.05, 3.63) is 50.5 Å². The first-order chi connectivity index (χ1) is 15.0. The Bertz CT molecular complexity index is 1090. The molecule has 1 unspecified atom stereocenters. The van der Waals surface area contributed by atoms with Gasteiger partial charge in [0.1, 0.15) is 6.23 Å².